The van der Waals surface area contributed by atoms with E-state index < -0.39 is 38.3 Å². The van der Waals surface area contributed by atoms with Gasteiger partial charge in [-0.25, -0.2) is 25.6 Å². The topological polar surface area (TPSA) is 386 Å². The number of benzene rings is 7. The Labute approximate surface area is 609 Å². The molecule has 1 aliphatic rings. The Balaban J connectivity index is 0.000000143. The van der Waals surface area contributed by atoms with Crippen molar-refractivity contribution in [2.45, 2.75) is 39.7 Å². The molecule has 524 valence electrons. The van der Waals surface area contributed by atoms with Crippen molar-refractivity contribution in [3.63, 3.8) is 0 Å². The van der Waals surface area contributed by atoms with E-state index in [2.05, 4.69) is 114 Å². The SMILES string of the molecule is COc1nc(-c2nnc(C(=O)c3nc4ccc(-c5ccccc5)cc4s3)o2)c(C)c(=O)[nH]1.COc1nc(C(=O)O)c(OCc2ccccc2)c(=O)[nH]1.COc1nc(C2=NN=C(Cc3nc4ccc(-c5ccccc5)cc4s3)C2)c(C)c(=O)[nH]1.NNC(=O)Cc1nc2ccc(-c3ccccc3)cc2s1.[3H]P([3H])[3H]. The lowest BCUT2D eigenvalue weighted by Crippen LogP contribution is -2.31. The summed E-state index contributed by atoms with van der Waals surface area (Å²) in [7, 11) is 2.24. The van der Waals surface area contributed by atoms with Crippen LogP contribution in [0.3, 0.4) is 0 Å². The first-order chi connectivity index (χ1) is 51.7. The quantitative estimate of drug-likeness (QED) is 0.0153. The average Bonchev–Trinajstić information content (AvgIpc) is 1.66. The first-order valence-electron chi connectivity index (χ1n) is 32.6. The lowest BCUT2D eigenvalue weighted by Gasteiger charge is -2.08. The molecule has 31 heteroatoms. The van der Waals surface area contributed by atoms with E-state index in [9.17, 15) is 28.8 Å². The predicted molar refractivity (Wildman–Crippen MR) is 403 cm³/mol. The van der Waals surface area contributed by atoms with E-state index in [1.807, 2.05) is 115 Å². The average molecular weight is 1470 g/mol. The lowest BCUT2D eigenvalue weighted by atomic mass is 10.1. The fourth-order valence-electron chi connectivity index (χ4n) is 10.3. The number of hydrazine groups is 1. The molecule has 0 radical (unpaired) electrons. The minimum Gasteiger partial charge on any atom is -0.481 e. The smallest absolute Gasteiger partial charge is 0.358 e. The minimum absolute atomic E-state index is 0.00192. The predicted octanol–water partition coefficient (Wildman–Crippen LogP) is 11.4. The number of ether oxygens (including phenoxy) is 4. The van der Waals surface area contributed by atoms with Crippen LogP contribution in [-0.4, -0.2) is 114 Å². The third-order valence-electron chi connectivity index (χ3n) is 15.5. The second-order valence-corrected chi connectivity index (χ2v) is 25.6. The van der Waals surface area contributed by atoms with Gasteiger partial charge < -0.3 is 28.5 Å². The number of thiazole rings is 3. The minimum atomic E-state index is -1.87. The van der Waals surface area contributed by atoms with Gasteiger partial charge in [-0.1, -0.05) is 140 Å². The molecule has 0 fully saturated rings. The summed E-state index contributed by atoms with van der Waals surface area (Å²) in [5.74, 6) is 2.37. The number of carboxylic acids is 1. The van der Waals surface area contributed by atoms with Gasteiger partial charge in [-0.2, -0.15) is 34.9 Å². The van der Waals surface area contributed by atoms with Crippen molar-refractivity contribution in [3.8, 4) is 68.7 Å². The Hall–Kier alpha value is -12.5. The van der Waals surface area contributed by atoms with Crippen LogP contribution in [0.1, 0.15) is 65.0 Å². The van der Waals surface area contributed by atoms with Gasteiger partial charge in [-0.3, -0.25) is 44.4 Å². The van der Waals surface area contributed by atoms with E-state index in [1.54, 1.807) is 37.3 Å². The summed E-state index contributed by atoms with van der Waals surface area (Å²) < 4.78 is 46.6. The third kappa shape index (κ3) is 17.3. The number of carboxylic acid groups (broad SMARTS) is 1. The second-order valence-electron chi connectivity index (χ2n) is 22.4. The summed E-state index contributed by atoms with van der Waals surface area (Å²) in [4.78, 5) is 104. The summed E-state index contributed by atoms with van der Waals surface area (Å²) in [6.45, 7) is 3.35. The van der Waals surface area contributed by atoms with Crippen molar-refractivity contribution in [3.05, 3.63) is 256 Å². The Morgan fingerprint density at radius 2 is 1.05 bits per heavy atom. The van der Waals surface area contributed by atoms with Crippen LogP contribution in [-0.2, 0) is 24.2 Å². The summed E-state index contributed by atoms with van der Waals surface area (Å²) >= 11 is 4.44. The summed E-state index contributed by atoms with van der Waals surface area (Å²) in [5, 5.41) is 27.4. The molecule has 27 nitrogen and oxygen atoms in total. The number of H-pyrrole nitrogens is 3. The van der Waals surface area contributed by atoms with Crippen LogP contribution in [0.4, 0.5) is 0 Å². The molecule has 0 atom stereocenters. The van der Waals surface area contributed by atoms with Gasteiger partial charge in [0.15, 0.2) is 5.01 Å². The van der Waals surface area contributed by atoms with Gasteiger partial charge in [-0.15, -0.1) is 44.2 Å². The van der Waals surface area contributed by atoms with Gasteiger partial charge >= 0.3 is 5.97 Å². The highest BCUT2D eigenvalue weighted by Gasteiger charge is 2.26. The van der Waals surface area contributed by atoms with Gasteiger partial charge in [0.05, 0.1) is 78.7 Å². The number of ketones is 1. The van der Waals surface area contributed by atoms with E-state index in [4.69, 9.17) is 43.1 Å². The number of methoxy groups -OCH3 is 3. The Morgan fingerprint density at radius 1 is 0.577 bits per heavy atom. The van der Waals surface area contributed by atoms with E-state index in [0.717, 1.165) is 63.1 Å². The van der Waals surface area contributed by atoms with Crippen molar-refractivity contribution in [2.24, 2.45) is 16.0 Å². The summed E-state index contributed by atoms with van der Waals surface area (Å²) in [6.07, 6.45) is 1.37. The zero-order valence-corrected chi connectivity index (χ0v) is 59.1. The maximum absolute atomic E-state index is 12.9. The molecule has 104 heavy (non-hydrogen) atoms. The molecule has 7 N–H and O–H groups in total. The van der Waals surface area contributed by atoms with Gasteiger partial charge in [0.1, 0.15) is 23.0 Å². The molecule has 0 unspecified atom stereocenters. The number of aromatic amines is 3. The van der Waals surface area contributed by atoms with Gasteiger partial charge in [0, 0.05) is 24.0 Å². The number of nitrogens with two attached hydrogens (primary N) is 1. The fraction of sp³-hybridized carbons (Fsp3) is 0.123. The number of fused-ring (bicyclic) bond motifs is 3. The largest absolute Gasteiger partial charge is 0.481 e. The van der Waals surface area contributed by atoms with Crippen molar-refractivity contribution in [2.75, 3.05) is 21.3 Å². The maximum atomic E-state index is 12.9. The molecule has 0 saturated carbocycles. The molecule has 0 saturated heterocycles. The number of carbonyl (C=O) groups excluding carboxylic acids is 2. The standard InChI is InChI=1S/C23H19N5O2S.C22H15N5O4S.C15H13N3OS.C13H12N2O5.H3P/c1-13-21(25-23(30-2)26-22(13)29)18-11-16(27-28-18)12-20-24-17-9-8-15(10-19(17)31-20)14-6-4-3-5-7-14;1-11-16(24-22(30-2)25-18(11)29)19-26-27-20(31-19)17(28)21-23-14-9-8-13(10-15(14)32-21)12-6-4-3-5-7-12;16-18-14(19)9-15-17-12-7-6-11(8-13(12)20-15)10-4-2-1-3-5-10;1-19-13-14-9(12(17)18)10(11(16)15-13)20-7-8-5-3-2-4-6-8;/h3-10H,11-12H2,1-2H3,(H,25,26,29);3-10H,1-2H3,(H,24,25,29);1-8H,9,16H2,(H,18,19);2-6H,7H2,1H3,(H,17,18)(H,14,15,16);1H3/i;;;;1T3. The van der Waals surface area contributed by atoms with E-state index in [0.29, 0.717) is 35.3 Å². The zero-order chi connectivity index (χ0) is 75.7. The Kier molecular flexibility index (Phi) is 22.0. The van der Waals surface area contributed by atoms with Crippen LogP contribution in [0, 0.1) is 13.8 Å². The van der Waals surface area contributed by atoms with E-state index in [-0.39, 0.29) is 76.3 Å². The molecule has 1 amide bonds. The summed E-state index contributed by atoms with van der Waals surface area (Å²) in [5.41, 5.74) is 13.5. The van der Waals surface area contributed by atoms with Crippen molar-refractivity contribution in [1.82, 2.24) is 60.5 Å². The normalized spacial score (nSPS) is 11.7. The Morgan fingerprint density at radius 3 is 1.58 bits per heavy atom. The molecular weight excluding hydrogens is 1410 g/mol. The zero-order valence-electron chi connectivity index (χ0n) is 58.7. The molecule has 15 rings (SSSR count). The first kappa shape index (κ1) is 68.7. The number of aromatic nitrogens is 11. The van der Waals surface area contributed by atoms with Gasteiger partial charge in [0.25, 0.3) is 52.3 Å². The molecule has 7 aromatic heterocycles. The monoisotopic (exact) mass is 1470 g/mol. The number of carbonyl (C=O) groups is 3. The number of rotatable bonds is 18. The van der Waals surface area contributed by atoms with Crippen LogP contribution in [0.15, 0.2) is 205 Å². The van der Waals surface area contributed by atoms with E-state index >= 15 is 0 Å². The van der Waals surface area contributed by atoms with Crippen molar-refractivity contribution < 1.29 is 42.9 Å². The number of amides is 1. The number of hydrogen-bond donors (Lipinski definition) is 6. The van der Waals surface area contributed by atoms with Crippen LogP contribution in [0.2, 0.25) is 0 Å². The van der Waals surface area contributed by atoms with Crippen LogP contribution in [0.5, 0.6) is 23.8 Å². The van der Waals surface area contributed by atoms with Crippen LogP contribution in [0.25, 0.3) is 75.6 Å². The first-order valence-corrected chi connectivity index (χ1v) is 33.7. The fourth-order valence-corrected chi connectivity index (χ4v) is 13.3. The molecular formula is C73H62N15O12PS3. The van der Waals surface area contributed by atoms with Crippen LogP contribution >= 0.6 is 43.7 Å². The van der Waals surface area contributed by atoms with E-state index in [1.165, 1.54) is 60.7 Å². The van der Waals surface area contributed by atoms with Gasteiger partial charge in [-0.05, 0) is 89.2 Å². The number of hydrogen-bond acceptors (Lipinski definition) is 25. The van der Waals surface area contributed by atoms with Crippen molar-refractivity contribution >= 4 is 103 Å². The molecule has 7 aromatic carbocycles. The van der Waals surface area contributed by atoms with Crippen LogP contribution < -0.4 is 46.9 Å². The van der Waals surface area contributed by atoms with Crippen molar-refractivity contribution in [1.29, 1.82) is 3.84 Å². The Bertz CT molecular complexity index is 5780. The summed E-state index contributed by atoms with van der Waals surface area (Å²) in [6, 6.07) is 57.8. The highest BCUT2D eigenvalue weighted by Crippen LogP contribution is 2.33. The number of nitrogens with zero attached hydrogens (tertiary/aromatic N) is 10. The highest BCUT2D eigenvalue weighted by molar-refractivity contribution is 7.20. The number of aromatic carboxylic acids is 1. The molecule has 14 aromatic rings. The molecule has 8 heterocycles. The second kappa shape index (κ2) is 33.3. The highest BCUT2D eigenvalue weighted by atomic mass is 32.1. The van der Waals surface area contributed by atoms with Gasteiger partial charge in [0.2, 0.25) is 17.4 Å². The number of nitrogens with one attached hydrogen (secondary N) is 4. The third-order valence-corrected chi connectivity index (χ3v) is 18.6. The molecule has 1 aliphatic heterocycles. The molecule has 0 bridgehead atoms. The molecule has 0 aliphatic carbocycles. The molecule has 0 spiro atoms. The maximum Gasteiger partial charge on any atom is 0.358 e. The lowest BCUT2D eigenvalue weighted by molar-refractivity contribution is -0.120.